The first-order valence-corrected chi connectivity index (χ1v) is 8.31. The molecule has 0 fully saturated rings. The minimum atomic E-state index is -3.90. The van der Waals surface area contributed by atoms with Gasteiger partial charge in [0.25, 0.3) is 10.0 Å². The lowest BCUT2D eigenvalue weighted by atomic mass is 10.3. The molecule has 8 heteroatoms. The first kappa shape index (κ1) is 17.2. The summed E-state index contributed by atoms with van der Waals surface area (Å²) in [5, 5.41) is 20.8. The molecule has 0 saturated carbocycles. The molecular formula is C15H17FN2O4S. The second-order valence-corrected chi connectivity index (χ2v) is 6.51. The molecule has 23 heavy (non-hydrogen) atoms. The van der Waals surface area contributed by atoms with E-state index in [0.717, 1.165) is 6.07 Å². The Balaban J connectivity index is 2.10. The summed E-state index contributed by atoms with van der Waals surface area (Å²) in [4.78, 5) is -0.0194. The van der Waals surface area contributed by atoms with Gasteiger partial charge >= 0.3 is 0 Å². The molecule has 4 N–H and O–H groups in total. The molecule has 0 aliphatic heterocycles. The first-order valence-electron chi connectivity index (χ1n) is 6.82. The van der Waals surface area contributed by atoms with Gasteiger partial charge in [0, 0.05) is 12.2 Å². The van der Waals surface area contributed by atoms with Crippen LogP contribution >= 0.6 is 0 Å². The van der Waals surface area contributed by atoms with Crippen LogP contribution in [0.25, 0.3) is 0 Å². The number of halogens is 1. The van der Waals surface area contributed by atoms with Crippen LogP contribution in [0.4, 0.5) is 15.8 Å². The number of sulfonamides is 1. The molecule has 2 aromatic carbocycles. The zero-order valence-corrected chi connectivity index (χ0v) is 12.9. The summed E-state index contributed by atoms with van der Waals surface area (Å²) in [5.74, 6) is -0.660. The van der Waals surface area contributed by atoms with Gasteiger partial charge in [-0.2, -0.15) is 0 Å². The van der Waals surface area contributed by atoms with Crippen LogP contribution in [0, 0.1) is 5.82 Å². The summed E-state index contributed by atoms with van der Waals surface area (Å²) in [5.41, 5.74) is 0.461. The number of nitrogens with one attached hydrogen (secondary N) is 2. The molecule has 0 aliphatic rings. The van der Waals surface area contributed by atoms with Crippen molar-refractivity contribution in [2.45, 2.75) is 11.0 Å². The van der Waals surface area contributed by atoms with Crippen molar-refractivity contribution in [3.63, 3.8) is 0 Å². The average Bonchev–Trinajstić information content (AvgIpc) is 2.55. The van der Waals surface area contributed by atoms with E-state index in [1.165, 1.54) is 42.5 Å². The van der Waals surface area contributed by atoms with Crippen molar-refractivity contribution in [2.24, 2.45) is 0 Å². The fraction of sp³-hybridized carbons (Fsp3) is 0.200. The van der Waals surface area contributed by atoms with E-state index in [2.05, 4.69) is 10.0 Å². The van der Waals surface area contributed by atoms with Crippen molar-refractivity contribution in [1.29, 1.82) is 0 Å². The Kier molecular flexibility index (Phi) is 5.54. The van der Waals surface area contributed by atoms with Crippen LogP contribution in [-0.2, 0) is 10.0 Å². The average molecular weight is 340 g/mol. The highest BCUT2D eigenvalue weighted by Gasteiger charge is 2.16. The molecule has 6 nitrogen and oxygen atoms in total. The Morgan fingerprint density at radius 2 is 1.74 bits per heavy atom. The Morgan fingerprint density at radius 1 is 1.09 bits per heavy atom. The van der Waals surface area contributed by atoms with Gasteiger partial charge in [0.2, 0.25) is 0 Å². The van der Waals surface area contributed by atoms with Crippen LogP contribution in [-0.4, -0.2) is 37.9 Å². The Hall–Kier alpha value is -2.16. The van der Waals surface area contributed by atoms with Crippen molar-refractivity contribution in [1.82, 2.24) is 0 Å². The summed E-state index contributed by atoms with van der Waals surface area (Å²) in [6.07, 6.45) is -0.902. The standard InChI is InChI=1S/C15H17FN2O4S/c16-14-3-1-2-4-15(14)18-23(21,22)13-7-5-11(6-8-13)17-9-12(20)10-19/h1-8,12,17-20H,9-10H2. The van der Waals surface area contributed by atoms with Gasteiger partial charge in [-0.25, -0.2) is 12.8 Å². The van der Waals surface area contributed by atoms with Crippen LogP contribution in [0.15, 0.2) is 53.4 Å². The van der Waals surface area contributed by atoms with Crippen molar-refractivity contribution in [2.75, 3.05) is 23.2 Å². The number of rotatable bonds is 7. The Labute approximate surface area is 133 Å². The number of hydrogen-bond donors (Lipinski definition) is 4. The number of aliphatic hydroxyl groups is 2. The van der Waals surface area contributed by atoms with E-state index in [1.807, 2.05) is 0 Å². The minimum absolute atomic E-state index is 0.0194. The number of hydrogen-bond acceptors (Lipinski definition) is 5. The summed E-state index contributed by atoms with van der Waals surface area (Å²) in [6, 6.07) is 11.2. The fourth-order valence-corrected chi connectivity index (χ4v) is 2.87. The molecule has 0 aliphatic carbocycles. The van der Waals surface area contributed by atoms with E-state index in [1.54, 1.807) is 0 Å². The summed E-state index contributed by atoms with van der Waals surface area (Å²) >= 11 is 0. The van der Waals surface area contributed by atoms with E-state index in [9.17, 15) is 17.9 Å². The van der Waals surface area contributed by atoms with Crippen molar-refractivity contribution in [3.8, 4) is 0 Å². The molecule has 0 aromatic heterocycles. The molecule has 124 valence electrons. The second-order valence-electron chi connectivity index (χ2n) is 4.83. The van der Waals surface area contributed by atoms with Gasteiger partial charge in [-0.3, -0.25) is 4.72 Å². The fourth-order valence-electron chi connectivity index (χ4n) is 1.80. The Bertz CT molecular complexity index is 750. The third kappa shape index (κ3) is 4.65. The van der Waals surface area contributed by atoms with Gasteiger partial charge in [0.1, 0.15) is 5.82 Å². The van der Waals surface area contributed by atoms with Gasteiger partial charge < -0.3 is 15.5 Å². The predicted octanol–water partition coefficient (Wildman–Crippen LogP) is 1.39. The molecule has 0 bridgehead atoms. The maximum Gasteiger partial charge on any atom is 0.261 e. The highest BCUT2D eigenvalue weighted by molar-refractivity contribution is 7.92. The van der Waals surface area contributed by atoms with Gasteiger partial charge in [-0.1, -0.05) is 12.1 Å². The lowest BCUT2D eigenvalue weighted by Gasteiger charge is -2.12. The van der Waals surface area contributed by atoms with Gasteiger partial charge in [0.05, 0.1) is 23.3 Å². The second kappa shape index (κ2) is 7.40. The zero-order valence-electron chi connectivity index (χ0n) is 12.1. The molecule has 0 amide bonds. The Morgan fingerprint density at radius 3 is 2.35 bits per heavy atom. The summed E-state index contributed by atoms with van der Waals surface area (Å²) in [6.45, 7) is -0.234. The van der Waals surface area contributed by atoms with Crippen LogP contribution in [0.3, 0.4) is 0 Å². The monoisotopic (exact) mass is 340 g/mol. The largest absolute Gasteiger partial charge is 0.394 e. The molecule has 0 saturated heterocycles. The molecule has 0 spiro atoms. The van der Waals surface area contributed by atoms with Gasteiger partial charge in [0.15, 0.2) is 0 Å². The molecular weight excluding hydrogens is 323 g/mol. The minimum Gasteiger partial charge on any atom is -0.394 e. The summed E-state index contributed by atoms with van der Waals surface area (Å²) < 4.78 is 40.1. The lowest BCUT2D eigenvalue weighted by Crippen LogP contribution is -2.22. The third-order valence-electron chi connectivity index (χ3n) is 3.04. The van der Waals surface area contributed by atoms with Crippen molar-refractivity contribution in [3.05, 3.63) is 54.3 Å². The first-order chi connectivity index (χ1) is 10.9. The number of anilines is 2. The predicted molar refractivity (Wildman–Crippen MR) is 85.2 cm³/mol. The molecule has 0 radical (unpaired) electrons. The van der Waals surface area contributed by atoms with Crippen LogP contribution < -0.4 is 10.0 Å². The van der Waals surface area contributed by atoms with E-state index in [0.29, 0.717) is 5.69 Å². The lowest BCUT2D eigenvalue weighted by molar-refractivity contribution is 0.105. The maximum absolute atomic E-state index is 13.5. The van der Waals surface area contributed by atoms with E-state index in [4.69, 9.17) is 5.11 Å². The SMILES string of the molecule is O=S(=O)(Nc1ccccc1F)c1ccc(NCC(O)CO)cc1. The molecule has 2 rings (SSSR count). The normalized spacial score (nSPS) is 12.7. The van der Waals surface area contributed by atoms with Gasteiger partial charge in [-0.05, 0) is 36.4 Å². The van der Waals surface area contributed by atoms with E-state index >= 15 is 0 Å². The quantitative estimate of drug-likeness (QED) is 0.611. The highest BCUT2D eigenvalue weighted by atomic mass is 32.2. The molecule has 1 atom stereocenters. The highest BCUT2D eigenvalue weighted by Crippen LogP contribution is 2.20. The molecule has 2 aromatic rings. The number of aliphatic hydroxyl groups excluding tert-OH is 2. The zero-order chi connectivity index (χ0) is 16.9. The molecule has 1 unspecified atom stereocenters. The third-order valence-corrected chi connectivity index (χ3v) is 4.42. The topological polar surface area (TPSA) is 98.7 Å². The smallest absolute Gasteiger partial charge is 0.261 e. The maximum atomic E-state index is 13.5. The molecule has 0 heterocycles. The van der Waals surface area contributed by atoms with E-state index < -0.39 is 21.9 Å². The van der Waals surface area contributed by atoms with Crippen LogP contribution in [0.1, 0.15) is 0 Å². The number of benzene rings is 2. The summed E-state index contributed by atoms with van der Waals surface area (Å²) in [7, 11) is -3.90. The van der Waals surface area contributed by atoms with Crippen LogP contribution in [0.2, 0.25) is 0 Å². The number of para-hydroxylation sites is 1. The van der Waals surface area contributed by atoms with Gasteiger partial charge in [-0.15, -0.1) is 0 Å². The van der Waals surface area contributed by atoms with Crippen molar-refractivity contribution < 1.29 is 23.0 Å². The van der Waals surface area contributed by atoms with Crippen LogP contribution in [0.5, 0.6) is 0 Å². The van der Waals surface area contributed by atoms with Crippen molar-refractivity contribution >= 4 is 21.4 Å². The van der Waals surface area contributed by atoms with E-state index in [-0.39, 0.29) is 23.7 Å².